The van der Waals surface area contributed by atoms with Crippen LogP contribution in [0.1, 0.15) is 0 Å². The number of nitrogens with one attached hydrogen (secondary N) is 1. The van der Waals surface area contributed by atoms with Crippen LogP contribution < -0.4 is 11.1 Å². The molecule has 0 bridgehead atoms. The number of halogens is 2. The van der Waals surface area contributed by atoms with Gasteiger partial charge >= 0.3 is 0 Å². The summed E-state index contributed by atoms with van der Waals surface area (Å²) in [6.07, 6.45) is 0. The molecule has 0 saturated heterocycles. The Morgan fingerprint density at radius 2 is 1.75 bits per heavy atom. The Labute approximate surface area is 113 Å². The number of hydrogen-bond acceptors (Lipinski definition) is 2. The Bertz CT molecular complexity index is 497. The highest BCUT2D eigenvalue weighted by atomic mass is 127. The van der Waals surface area contributed by atoms with Gasteiger partial charge in [-0.3, -0.25) is 0 Å². The smallest absolute Gasteiger partial charge is 0.0661 e. The first kappa shape index (κ1) is 11.5. The average molecular weight is 345 g/mol. The molecule has 16 heavy (non-hydrogen) atoms. The molecule has 0 radical (unpaired) electrons. The lowest BCUT2D eigenvalue weighted by Crippen LogP contribution is -1.92. The average Bonchev–Trinajstić information content (AvgIpc) is 2.25. The Balaban J connectivity index is 2.23. The third-order valence-corrected chi connectivity index (χ3v) is 3.15. The van der Waals surface area contributed by atoms with Gasteiger partial charge in [-0.1, -0.05) is 11.6 Å². The highest BCUT2D eigenvalue weighted by Gasteiger charge is 2.00. The third-order valence-electron chi connectivity index (χ3n) is 2.12. The molecule has 0 fully saturated rings. The zero-order valence-electron chi connectivity index (χ0n) is 8.37. The van der Waals surface area contributed by atoms with Crippen LogP contribution >= 0.6 is 34.2 Å². The molecule has 2 rings (SSSR count). The zero-order chi connectivity index (χ0) is 11.5. The lowest BCUT2D eigenvalue weighted by Gasteiger charge is -2.08. The number of nitrogens with two attached hydrogens (primary N) is 1. The minimum Gasteiger partial charge on any atom is -0.399 e. The fourth-order valence-electron chi connectivity index (χ4n) is 1.32. The number of benzene rings is 2. The molecule has 2 nitrogen and oxygen atoms in total. The van der Waals surface area contributed by atoms with E-state index in [4.69, 9.17) is 17.3 Å². The lowest BCUT2D eigenvalue weighted by atomic mass is 10.2. The van der Waals surface area contributed by atoms with E-state index in [1.165, 1.54) is 3.57 Å². The van der Waals surface area contributed by atoms with Crippen LogP contribution in [0.4, 0.5) is 17.1 Å². The van der Waals surface area contributed by atoms with Gasteiger partial charge < -0.3 is 11.1 Å². The van der Waals surface area contributed by atoms with Crippen LogP contribution in [0.2, 0.25) is 5.02 Å². The molecule has 0 spiro atoms. The van der Waals surface area contributed by atoms with Crippen LogP contribution in [-0.4, -0.2) is 0 Å². The van der Waals surface area contributed by atoms with Crippen LogP contribution in [-0.2, 0) is 0 Å². The Hall–Kier alpha value is -0.940. The number of rotatable bonds is 2. The Kier molecular flexibility index (Phi) is 3.56. The molecule has 3 N–H and O–H groups in total. The van der Waals surface area contributed by atoms with Crippen molar-refractivity contribution < 1.29 is 0 Å². The summed E-state index contributed by atoms with van der Waals surface area (Å²) in [5.74, 6) is 0. The van der Waals surface area contributed by atoms with Crippen molar-refractivity contribution in [2.24, 2.45) is 0 Å². The monoisotopic (exact) mass is 344 g/mol. The van der Waals surface area contributed by atoms with E-state index in [1.54, 1.807) is 6.07 Å². The van der Waals surface area contributed by atoms with Gasteiger partial charge in [-0.2, -0.15) is 0 Å². The van der Waals surface area contributed by atoms with E-state index in [2.05, 4.69) is 27.9 Å². The molecule has 0 unspecified atom stereocenters. The Morgan fingerprint density at radius 3 is 2.38 bits per heavy atom. The summed E-state index contributed by atoms with van der Waals surface area (Å²) < 4.78 is 1.20. The first-order chi connectivity index (χ1) is 7.65. The maximum absolute atomic E-state index is 6.07. The zero-order valence-corrected chi connectivity index (χ0v) is 11.3. The molecule has 0 saturated carbocycles. The van der Waals surface area contributed by atoms with Crippen LogP contribution in [0.15, 0.2) is 42.5 Å². The van der Waals surface area contributed by atoms with Crippen molar-refractivity contribution in [2.45, 2.75) is 0 Å². The van der Waals surface area contributed by atoms with Crippen LogP contribution in [0.3, 0.4) is 0 Å². The fraction of sp³-hybridized carbons (Fsp3) is 0. The quantitative estimate of drug-likeness (QED) is 0.631. The minimum atomic E-state index is 0.624. The van der Waals surface area contributed by atoms with E-state index in [0.717, 1.165) is 11.4 Å². The molecule has 0 aromatic heterocycles. The molecule has 0 heterocycles. The Morgan fingerprint density at radius 1 is 1.06 bits per heavy atom. The van der Waals surface area contributed by atoms with E-state index in [0.29, 0.717) is 10.7 Å². The maximum atomic E-state index is 6.07. The lowest BCUT2D eigenvalue weighted by molar-refractivity contribution is 1.53. The van der Waals surface area contributed by atoms with Crippen LogP contribution in [0.25, 0.3) is 0 Å². The van der Waals surface area contributed by atoms with Gasteiger partial charge in [-0.15, -0.1) is 0 Å². The largest absolute Gasteiger partial charge is 0.399 e. The summed E-state index contributed by atoms with van der Waals surface area (Å²) >= 11 is 8.33. The summed E-state index contributed by atoms with van der Waals surface area (Å²) in [6.45, 7) is 0. The molecular weight excluding hydrogens is 335 g/mol. The maximum Gasteiger partial charge on any atom is 0.0661 e. The molecule has 0 aliphatic carbocycles. The highest BCUT2D eigenvalue weighted by Crippen LogP contribution is 2.27. The van der Waals surface area contributed by atoms with Gasteiger partial charge in [0.2, 0.25) is 0 Å². The van der Waals surface area contributed by atoms with E-state index >= 15 is 0 Å². The summed E-state index contributed by atoms with van der Waals surface area (Å²) in [4.78, 5) is 0. The minimum absolute atomic E-state index is 0.624. The summed E-state index contributed by atoms with van der Waals surface area (Å²) in [7, 11) is 0. The van der Waals surface area contributed by atoms with Gasteiger partial charge in [0.05, 0.1) is 10.7 Å². The van der Waals surface area contributed by atoms with Crippen LogP contribution in [0.5, 0.6) is 0 Å². The molecule has 0 atom stereocenters. The molecular formula is C12H10ClIN2. The van der Waals surface area contributed by atoms with E-state index < -0.39 is 0 Å². The topological polar surface area (TPSA) is 38.0 Å². The van der Waals surface area contributed by atoms with E-state index in [1.807, 2.05) is 36.4 Å². The number of nitrogen functional groups attached to an aromatic ring is 1. The van der Waals surface area contributed by atoms with Crippen molar-refractivity contribution in [1.29, 1.82) is 0 Å². The molecule has 0 aliphatic rings. The van der Waals surface area contributed by atoms with Crippen molar-refractivity contribution in [3.8, 4) is 0 Å². The number of hydrogen-bond donors (Lipinski definition) is 2. The molecule has 2 aromatic carbocycles. The molecule has 82 valence electrons. The summed E-state index contributed by atoms with van der Waals surface area (Å²) in [6, 6.07) is 13.5. The predicted molar refractivity (Wildman–Crippen MR) is 78.3 cm³/mol. The van der Waals surface area contributed by atoms with Crippen molar-refractivity contribution >= 4 is 51.3 Å². The molecule has 0 aliphatic heterocycles. The summed E-state index contributed by atoms with van der Waals surface area (Å²) in [5, 5.41) is 3.86. The molecule has 2 aromatic rings. The van der Waals surface area contributed by atoms with Gasteiger partial charge in [0.15, 0.2) is 0 Å². The van der Waals surface area contributed by atoms with Crippen molar-refractivity contribution in [3.63, 3.8) is 0 Å². The molecule has 0 amide bonds. The van der Waals surface area contributed by atoms with Gasteiger partial charge in [0.25, 0.3) is 0 Å². The predicted octanol–water partition coefficient (Wildman–Crippen LogP) is 4.27. The van der Waals surface area contributed by atoms with Gasteiger partial charge in [-0.05, 0) is 65.1 Å². The van der Waals surface area contributed by atoms with Crippen molar-refractivity contribution in [2.75, 3.05) is 11.1 Å². The second kappa shape index (κ2) is 4.93. The van der Waals surface area contributed by atoms with Crippen LogP contribution in [0, 0.1) is 3.57 Å². The highest BCUT2D eigenvalue weighted by molar-refractivity contribution is 14.1. The number of anilines is 3. The van der Waals surface area contributed by atoms with Crippen molar-refractivity contribution in [3.05, 3.63) is 51.1 Å². The SMILES string of the molecule is Nc1ccc(Nc2ccc(I)cc2)c(Cl)c1. The fourth-order valence-corrected chi connectivity index (χ4v) is 1.92. The molecule has 4 heteroatoms. The van der Waals surface area contributed by atoms with Crippen molar-refractivity contribution in [1.82, 2.24) is 0 Å². The standard InChI is InChI=1S/C12H10ClIN2/c13-11-7-9(15)3-6-12(11)16-10-4-1-8(14)2-5-10/h1-7,16H,15H2. The second-order valence-corrected chi connectivity index (χ2v) is 5.02. The van der Waals surface area contributed by atoms with Gasteiger partial charge in [0, 0.05) is 14.9 Å². The van der Waals surface area contributed by atoms with E-state index in [9.17, 15) is 0 Å². The third kappa shape index (κ3) is 2.80. The van der Waals surface area contributed by atoms with Gasteiger partial charge in [-0.25, -0.2) is 0 Å². The normalized spacial score (nSPS) is 10.1. The summed E-state index contributed by atoms with van der Waals surface area (Å²) in [5.41, 5.74) is 8.16. The van der Waals surface area contributed by atoms with E-state index in [-0.39, 0.29) is 0 Å². The van der Waals surface area contributed by atoms with Gasteiger partial charge in [0.1, 0.15) is 0 Å². The first-order valence-corrected chi connectivity index (χ1v) is 6.18. The second-order valence-electron chi connectivity index (χ2n) is 3.37. The first-order valence-electron chi connectivity index (χ1n) is 4.73.